The van der Waals surface area contributed by atoms with Gasteiger partial charge in [0, 0.05) is 21.5 Å². The van der Waals surface area contributed by atoms with E-state index in [0.717, 1.165) is 26.9 Å². The van der Waals surface area contributed by atoms with E-state index in [1.807, 2.05) is 56.3 Å². The van der Waals surface area contributed by atoms with Crippen LogP contribution in [0.3, 0.4) is 0 Å². The Labute approximate surface area is 227 Å². The molecule has 4 aromatic rings. The number of carbonyl (C=O) groups is 2. The molecule has 0 spiro atoms. The summed E-state index contributed by atoms with van der Waals surface area (Å²) in [6.45, 7) is 5.76. The number of allylic oxidation sites excluding steroid dienone is 1. The second-order valence-electron chi connectivity index (χ2n) is 9.20. The molecule has 0 aliphatic carbocycles. The standard InChI is InChI=1S/C29H25BrFN5O2/c1-16-4-13-24(17(2)14-16)35-29(38)25-18(3)33-27-23(28(37)34-22-11-9-21(31)10-12-22)15-32-36(27)26(25)19-5-7-20(30)8-6-19/h4-15,26,33H,1-3H3,(H,34,37)(H,35,38)/t26-/m0/s1. The van der Waals surface area contributed by atoms with E-state index in [9.17, 15) is 14.0 Å². The van der Waals surface area contributed by atoms with Crippen LogP contribution < -0.4 is 16.0 Å². The van der Waals surface area contributed by atoms with Crippen molar-refractivity contribution in [2.45, 2.75) is 26.8 Å². The smallest absolute Gasteiger partial charge is 0.261 e. The number of aromatic nitrogens is 2. The van der Waals surface area contributed by atoms with Crippen LogP contribution in [0.2, 0.25) is 0 Å². The van der Waals surface area contributed by atoms with E-state index in [1.54, 1.807) is 11.6 Å². The molecule has 0 saturated heterocycles. The monoisotopic (exact) mass is 573 g/mol. The molecule has 0 saturated carbocycles. The number of fused-ring (bicyclic) bond motifs is 1. The third kappa shape index (κ3) is 4.97. The average molecular weight is 574 g/mol. The van der Waals surface area contributed by atoms with Crippen LogP contribution >= 0.6 is 15.9 Å². The number of anilines is 3. The minimum Gasteiger partial charge on any atom is -0.343 e. The predicted molar refractivity (Wildman–Crippen MR) is 150 cm³/mol. The van der Waals surface area contributed by atoms with Crippen LogP contribution in [-0.2, 0) is 4.79 Å². The molecule has 192 valence electrons. The summed E-state index contributed by atoms with van der Waals surface area (Å²) in [6.07, 6.45) is 1.46. The van der Waals surface area contributed by atoms with Gasteiger partial charge in [-0.25, -0.2) is 9.07 Å². The quantitative estimate of drug-likeness (QED) is 0.251. The molecule has 9 heteroatoms. The van der Waals surface area contributed by atoms with Crippen LogP contribution in [0.5, 0.6) is 0 Å². The number of aryl methyl sites for hydroxylation is 2. The molecule has 0 fully saturated rings. The van der Waals surface area contributed by atoms with Crippen molar-refractivity contribution in [2.75, 3.05) is 16.0 Å². The zero-order valence-corrected chi connectivity index (χ0v) is 22.6. The second kappa shape index (κ2) is 10.3. The van der Waals surface area contributed by atoms with Gasteiger partial charge in [-0.1, -0.05) is 45.8 Å². The highest BCUT2D eigenvalue weighted by Crippen LogP contribution is 2.38. The number of hydrogen-bond donors (Lipinski definition) is 3. The van der Waals surface area contributed by atoms with Crippen molar-refractivity contribution in [3.63, 3.8) is 0 Å². The van der Waals surface area contributed by atoms with E-state index in [-0.39, 0.29) is 5.91 Å². The first-order valence-electron chi connectivity index (χ1n) is 12.0. The Morgan fingerprint density at radius 2 is 1.66 bits per heavy atom. The summed E-state index contributed by atoms with van der Waals surface area (Å²) in [6, 6.07) is 18.4. The van der Waals surface area contributed by atoms with Crippen LogP contribution in [-0.4, -0.2) is 21.6 Å². The summed E-state index contributed by atoms with van der Waals surface area (Å²) < 4.78 is 15.8. The third-order valence-corrected chi connectivity index (χ3v) is 6.96. The fraction of sp³-hybridized carbons (Fsp3) is 0.138. The molecular weight excluding hydrogens is 549 g/mol. The van der Waals surface area contributed by atoms with Crippen molar-refractivity contribution < 1.29 is 14.0 Å². The van der Waals surface area contributed by atoms with Gasteiger partial charge in [0.1, 0.15) is 23.2 Å². The van der Waals surface area contributed by atoms with E-state index in [2.05, 4.69) is 37.0 Å². The largest absolute Gasteiger partial charge is 0.343 e. The van der Waals surface area contributed by atoms with Crippen molar-refractivity contribution in [3.8, 4) is 0 Å². The molecule has 3 aromatic carbocycles. The minimum absolute atomic E-state index is 0.270. The van der Waals surface area contributed by atoms with Gasteiger partial charge in [0.05, 0.1) is 11.8 Å². The molecule has 1 aliphatic heterocycles. The maximum absolute atomic E-state index is 13.7. The number of carbonyl (C=O) groups excluding carboxylic acids is 2. The summed E-state index contributed by atoms with van der Waals surface area (Å²) in [5.41, 5.74) is 5.45. The molecule has 1 atom stereocenters. The van der Waals surface area contributed by atoms with Gasteiger partial charge in [0.2, 0.25) is 0 Å². The SMILES string of the molecule is CC1=C(C(=O)Nc2ccc(C)cc2C)[C@H](c2ccc(Br)cc2)n2ncc(C(=O)Nc3ccc(F)cc3)c2N1. The van der Waals surface area contributed by atoms with Crippen molar-refractivity contribution in [1.82, 2.24) is 9.78 Å². The molecule has 7 nitrogen and oxygen atoms in total. The van der Waals surface area contributed by atoms with Gasteiger partial charge in [0.25, 0.3) is 11.8 Å². The summed E-state index contributed by atoms with van der Waals surface area (Å²) in [4.78, 5) is 26.9. The van der Waals surface area contributed by atoms with Crippen molar-refractivity contribution in [2.24, 2.45) is 0 Å². The first-order chi connectivity index (χ1) is 18.2. The van der Waals surface area contributed by atoms with Gasteiger partial charge < -0.3 is 16.0 Å². The van der Waals surface area contributed by atoms with Gasteiger partial charge in [-0.05, 0) is 74.4 Å². The number of nitrogens with one attached hydrogen (secondary N) is 3. The van der Waals surface area contributed by atoms with E-state index < -0.39 is 17.8 Å². The fourth-order valence-electron chi connectivity index (χ4n) is 4.54. The minimum atomic E-state index is -0.586. The van der Waals surface area contributed by atoms with Crippen molar-refractivity contribution >= 4 is 44.9 Å². The van der Waals surface area contributed by atoms with Crippen molar-refractivity contribution in [3.05, 3.63) is 117 Å². The summed E-state index contributed by atoms with van der Waals surface area (Å²) in [5.74, 6) is -0.611. The maximum atomic E-state index is 13.7. The molecule has 3 N–H and O–H groups in total. The van der Waals surface area contributed by atoms with Crippen LogP contribution in [0.1, 0.15) is 40.0 Å². The Bertz CT molecular complexity index is 1580. The molecule has 2 amide bonds. The zero-order valence-electron chi connectivity index (χ0n) is 21.0. The Hall–Kier alpha value is -4.24. The lowest BCUT2D eigenvalue weighted by atomic mass is 9.94. The maximum Gasteiger partial charge on any atom is 0.261 e. The van der Waals surface area contributed by atoms with E-state index >= 15 is 0 Å². The van der Waals surface area contributed by atoms with Crippen LogP contribution in [0.25, 0.3) is 0 Å². The van der Waals surface area contributed by atoms with Crippen LogP contribution in [0.4, 0.5) is 21.6 Å². The summed E-state index contributed by atoms with van der Waals surface area (Å²) >= 11 is 3.47. The van der Waals surface area contributed by atoms with Gasteiger partial charge in [0.15, 0.2) is 0 Å². The first-order valence-corrected chi connectivity index (χ1v) is 12.8. The topological polar surface area (TPSA) is 88.0 Å². The number of rotatable bonds is 5. The van der Waals surface area contributed by atoms with E-state index in [4.69, 9.17) is 0 Å². The molecular formula is C29H25BrFN5O2. The molecule has 5 rings (SSSR count). The molecule has 1 aliphatic rings. The third-order valence-electron chi connectivity index (χ3n) is 6.43. The molecule has 2 heterocycles. The molecule has 0 radical (unpaired) electrons. The number of benzene rings is 3. The van der Waals surface area contributed by atoms with Crippen LogP contribution in [0.15, 0.2) is 88.7 Å². The van der Waals surface area contributed by atoms with Gasteiger partial charge in [-0.15, -0.1) is 0 Å². The Morgan fingerprint density at radius 3 is 2.34 bits per heavy atom. The first kappa shape index (κ1) is 25.4. The lowest BCUT2D eigenvalue weighted by Crippen LogP contribution is -2.32. The fourth-order valence-corrected chi connectivity index (χ4v) is 4.81. The summed E-state index contributed by atoms with van der Waals surface area (Å²) in [7, 11) is 0. The lowest BCUT2D eigenvalue weighted by Gasteiger charge is -2.30. The number of nitrogens with zero attached hydrogens (tertiary/aromatic N) is 2. The predicted octanol–water partition coefficient (Wildman–Crippen LogP) is 6.58. The molecule has 38 heavy (non-hydrogen) atoms. The molecule has 1 aromatic heterocycles. The molecule has 0 bridgehead atoms. The molecule has 0 unspecified atom stereocenters. The Balaban J connectivity index is 1.53. The highest BCUT2D eigenvalue weighted by molar-refractivity contribution is 9.10. The highest BCUT2D eigenvalue weighted by atomic mass is 79.9. The number of amides is 2. The van der Waals surface area contributed by atoms with Crippen molar-refractivity contribution in [1.29, 1.82) is 0 Å². The van der Waals surface area contributed by atoms with Gasteiger partial charge in [-0.3, -0.25) is 9.59 Å². The van der Waals surface area contributed by atoms with E-state index in [0.29, 0.717) is 28.3 Å². The van der Waals surface area contributed by atoms with Gasteiger partial charge in [-0.2, -0.15) is 5.10 Å². The van der Waals surface area contributed by atoms with Crippen LogP contribution in [0, 0.1) is 19.7 Å². The van der Waals surface area contributed by atoms with E-state index in [1.165, 1.54) is 30.5 Å². The lowest BCUT2D eigenvalue weighted by molar-refractivity contribution is -0.113. The second-order valence-corrected chi connectivity index (χ2v) is 10.1. The highest BCUT2D eigenvalue weighted by Gasteiger charge is 2.35. The number of hydrogen-bond acceptors (Lipinski definition) is 4. The summed E-state index contributed by atoms with van der Waals surface area (Å²) in [5, 5.41) is 13.6. The normalized spacial score (nSPS) is 14.5. The zero-order chi connectivity index (χ0) is 27.0. The Kier molecular flexibility index (Phi) is 6.86. The average Bonchev–Trinajstić information content (AvgIpc) is 3.30. The number of halogens is 2. The van der Waals surface area contributed by atoms with Gasteiger partial charge >= 0.3 is 0 Å². The Morgan fingerprint density at radius 1 is 0.947 bits per heavy atom.